The Morgan fingerprint density at radius 3 is 2.68 bits per heavy atom. The fraction of sp³-hybridized carbons (Fsp3) is 0.174. The topological polar surface area (TPSA) is 124 Å². The Balaban J connectivity index is 2.00. The van der Waals surface area contributed by atoms with E-state index in [0.717, 1.165) is 16.9 Å². The highest BCUT2D eigenvalue weighted by Gasteiger charge is 2.33. The second-order valence-electron chi connectivity index (χ2n) is 7.33. The molecule has 3 aromatic rings. The smallest absolute Gasteiger partial charge is 0.338 e. The minimum Gasteiger partial charge on any atom is -0.501 e. The number of aromatic hydroxyl groups is 1. The molecule has 0 unspecified atom stereocenters. The fourth-order valence-electron chi connectivity index (χ4n) is 3.79. The quantitative estimate of drug-likeness (QED) is 0.211. The molecule has 1 atom stereocenters. The highest BCUT2D eigenvalue weighted by molar-refractivity contribution is 14.1. The second-order valence-corrected chi connectivity index (χ2v) is 9.50. The number of phenolic OH excluding ortho intramolecular Hbond substituents is 1. The van der Waals surface area contributed by atoms with Gasteiger partial charge in [-0.05, 0) is 52.3 Å². The SMILES string of the molecule is CCC1=C(C(=O)OC)[C@H](c2ccccc2)n2c(s/c(=C\c3cc(I)c(O)c([N+](=O)[O-])c3)c2=O)=N1. The van der Waals surface area contributed by atoms with Gasteiger partial charge in [-0.2, -0.15) is 0 Å². The van der Waals surface area contributed by atoms with Crippen LogP contribution in [0.15, 0.2) is 63.5 Å². The van der Waals surface area contributed by atoms with Crippen molar-refractivity contribution in [3.8, 4) is 5.75 Å². The number of methoxy groups -OCH3 is 1. The van der Waals surface area contributed by atoms with E-state index >= 15 is 0 Å². The summed E-state index contributed by atoms with van der Waals surface area (Å²) in [6, 6.07) is 11.2. The van der Waals surface area contributed by atoms with Crippen molar-refractivity contribution >= 4 is 51.7 Å². The first-order valence-electron chi connectivity index (χ1n) is 10.1. The van der Waals surface area contributed by atoms with Crippen molar-refractivity contribution in [2.45, 2.75) is 19.4 Å². The molecule has 1 aromatic heterocycles. The van der Waals surface area contributed by atoms with E-state index in [4.69, 9.17) is 4.74 Å². The fourth-order valence-corrected chi connectivity index (χ4v) is 5.45. The highest BCUT2D eigenvalue weighted by atomic mass is 127. The standard InChI is InChI=1S/C23H18IN3O6S/c1-3-15-18(22(30)33-2)19(13-7-5-4-6-8-13)26-21(29)17(34-23(26)25-15)11-12-9-14(24)20(28)16(10-12)27(31)32/h4-11,19,28H,3H2,1-2H3/b17-11-/t19-/m0/s1. The molecule has 0 spiro atoms. The number of allylic oxidation sites excluding steroid dienone is 1. The summed E-state index contributed by atoms with van der Waals surface area (Å²) in [5.74, 6) is -0.990. The number of hydrogen-bond acceptors (Lipinski definition) is 8. The van der Waals surface area contributed by atoms with Gasteiger partial charge in [0.15, 0.2) is 4.80 Å². The molecule has 0 amide bonds. The molecule has 0 radical (unpaired) electrons. The Morgan fingerprint density at radius 1 is 1.35 bits per heavy atom. The third-order valence-electron chi connectivity index (χ3n) is 5.33. The molecule has 2 aromatic carbocycles. The van der Waals surface area contributed by atoms with Crippen LogP contribution in [0, 0.1) is 13.7 Å². The predicted octanol–water partition coefficient (Wildman–Crippen LogP) is 3.02. The minimum absolute atomic E-state index is 0.286. The van der Waals surface area contributed by atoms with Crippen LogP contribution < -0.4 is 14.9 Å². The molecule has 1 aliphatic rings. The molecule has 0 fully saturated rings. The molecule has 1 N–H and O–H groups in total. The number of nitro benzene ring substituents is 1. The van der Waals surface area contributed by atoms with E-state index in [2.05, 4.69) is 4.99 Å². The Hall–Kier alpha value is -3.32. The lowest BCUT2D eigenvalue weighted by atomic mass is 9.95. The number of hydrogen-bond donors (Lipinski definition) is 1. The Morgan fingerprint density at radius 2 is 2.06 bits per heavy atom. The van der Waals surface area contributed by atoms with Gasteiger partial charge in [-0.3, -0.25) is 19.5 Å². The normalized spacial score (nSPS) is 15.6. The van der Waals surface area contributed by atoms with Crippen molar-refractivity contribution < 1.29 is 19.6 Å². The van der Waals surface area contributed by atoms with E-state index in [-0.39, 0.29) is 13.7 Å². The number of esters is 1. The van der Waals surface area contributed by atoms with Crippen molar-refractivity contribution in [1.82, 2.24) is 4.57 Å². The van der Waals surface area contributed by atoms with E-state index < -0.39 is 28.4 Å². The number of thiazole rings is 1. The first-order valence-corrected chi connectivity index (χ1v) is 12.0. The number of nitrogens with zero attached hydrogens (tertiary/aromatic N) is 3. The Labute approximate surface area is 210 Å². The van der Waals surface area contributed by atoms with Crippen LogP contribution in [0.5, 0.6) is 5.75 Å². The minimum atomic E-state index is -0.726. The van der Waals surface area contributed by atoms with Gasteiger partial charge in [0.05, 0.1) is 37.4 Å². The van der Waals surface area contributed by atoms with Gasteiger partial charge in [0.2, 0.25) is 5.75 Å². The number of halogens is 1. The molecule has 11 heteroatoms. The average Bonchev–Trinajstić information content (AvgIpc) is 3.14. The van der Waals surface area contributed by atoms with Gasteiger partial charge in [-0.15, -0.1) is 0 Å². The predicted molar refractivity (Wildman–Crippen MR) is 134 cm³/mol. The van der Waals surface area contributed by atoms with Crippen molar-refractivity contribution in [1.29, 1.82) is 0 Å². The largest absolute Gasteiger partial charge is 0.501 e. The number of carbonyl (C=O) groups is 1. The van der Waals surface area contributed by atoms with E-state index in [1.807, 2.05) is 37.3 Å². The zero-order valence-corrected chi connectivity index (χ0v) is 21.0. The lowest BCUT2D eigenvalue weighted by Crippen LogP contribution is -2.40. The van der Waals surface area contributed by atoms with E-state index in [9.17, 15) is 24.8 Å². The first-order chi connectivity index (χ1) is 16.3. The number of aromatic nitrogens is 1. The number of ether oxygens (including phenoxy) is 1. The van der Waals surface area contributed by atoms with Crippen molar-refractivity contribution in [2.75, 3.05) is 7.11 Å². The Bertz CT molecular complexity index is 1520. The molecule has 0 aliphatic carbocycles. The molecule has 0 bridgehead atoms. The number of phenols is 1. The van der Waals surface area contributed by atoms with Crippen LogP contribution in [-0.2, 0) is 9.53 Å². The summed E-state index contributed by atoms with van der Waals surface area (Å²) >= 11 is 2.93. The maximum absolute atomic E-state index is 13.5. The van der Waals surface area contributed by atoms with Crippen LogP contribution >= 0.6 is 33.9 Å². The summed E-state index contributed by atoms with van der Waals surface area (Å²) < 4.78 is 7.06. The van der Waals surface area contributed by atoms with Crippen molar-refractivity contribution in [3.05, 3.63) is 98.2 Å². The van der Waals surface area contributed by atoms with Gasteiger partial charge in [0.1, 0.15) is 0 Å². The molecule has 34 heavy (non-hydrogen) atoms. The summed E-state index contributed by atoms with van der Waals surface area (Å²) in [5.41, 5.74) is 1.10. The zero-order chi connectivity index (χ0) is 24.6. The van der Waals surface area contributed by atoms with Gasteiger partial charge in [-0.25, -0.2) is 9.79 Å². The second kappa shape index (κ2) is 9.50. The van der Waals surface area contributed by atoms with E-state index in [1.165, 1.54) is 23.8 Å². The maximum atomic E-state index is 13.5. The zero-order valence-electron chi connectivity index (χ0n) is 18.0. The summed E-state index contributed by atoms with van der Waals surface area (Å²) in [7, 11) is 1.29. The first kappa shape index (κ1) is 23.8. The summed E-state index contributed by atoms with van der Waals surface area (Å²) in [5, 5.41) is 21.3. The summed E-state index contributed by atoms with van der Waals surface area (Å²) in [4.78, 5) is 41.9. The van der Waals surface area contributed by atoms with Crippen molar-refractivity contribution in [2.24, 2.45) is 4.99 Å². The summed E-state index contributed by atoms with van der Waals surface area (Å²) in [6.07, 6.45) is 1.98. The highest BCUT2D eigenvalue weighted by Crippen LogP contribution is 2.33. The monoisotopic (exact) mass is 591 g/mol. The number of rotatable bonds is 5. The lowest BCUT2D eigenvalue weighted by molar-refractivity contribution is -0.386. The van der Waals surface area contributed by atoms with Crippen LogP contribution in [0.1, 0.15) is 30.5 Å². The third-order valence-corrected chi connectivity index (χ3v) is 7.13. The van der Waals surface area contributed by atoms with Crippen LogP contribution in [-0.4, -0.2) is 27.7 Å². The molecular weight excluding hydrogens is 573 g/mol. The van der Waals surface area contributed by atoms with E-state index in [1.54, 1.807) is 28.7 Å². The molecule has 2 heterocycles. The number of fused-ring (bicyclic) bond motifs is 1. The van der Waals surface area contributed by atoms with Gasteiger partial charge >= 0.3 is 11.7 Å². The van der Waals surface area contributed by atoms with Gasteiger partial charge in [0.25, 0.3) is 5.56 Å². The number of nitro groups is 1. The molecule has 0 saturated heterocycles. The molecule has 0 saturated carbocycles. The van der Waals surface area contributed by atoms with E-state index in [0.29, 0.717) is 28.1 Å². The van der Waals surface area contributed by atoms with Gasteiger partial charge in [-0.1, -0.05) is 48.6 Å². The average molecular weight is 591 g/mol. The van der Waals surface area contributed by atoms with Gasteiger partial charge < -0.3 is 9.84 Å². The molecular formula is C23H18IN3O6S. The molecule has 174 valence electrons. The van der Waals surface area contributed by atoms with Crippen molar-refractivity contribution in [3.63, 3.8) is 0 Å². The number of carbonyl (C=O) groups excluding carboxylic acids is 1. The molecule has 1 aliphatic heterocycles. The van der Waals surface area contributed by atoms with Gasteiger partial charge in [0, 0.05) is 6.07 Å². The summed E-state index contributed by atoms with van der Waals surface area (Å²) in [6.45, 7) is 1.87. The third kappa shape index (κ3) is 4.16. The van der Waals surface area contributed by atoms with Crippen LogP contribution in [0.25, 0.3) is 6.08 Å². The molecule has 9 nitrogen and oxygen atoms in total. The van der Waals surface area contributed by atoms with Crippen LogP contribution in [0.4, 0.5) is 5.69 Å². The lowest BCUT2D eigenvalue weighted by Gasteiger charge is -2.25. The van der Waals surface area contributed by atoms with Crippen LogP contribution in [0.3, 0.4) is 0 Å². The molecule has 4 rings (SSSR count). The van der Waals surface area contributed by atoms with Crippen LogP contribution in [0.2, 0.25) is 0 Å². The Kier molecular flexibility index (Phi) is 6.66. The maximum Gasteiger partial charge on any atom is 0.338 e. The number of benzene rings is 2.